The molecule has 80 valence electrons. The van der Waals surface area contributed by atoms with E-state index in [1.165, 1.54) is 0 Å². The fourth-order valence-corrected chi connectivity index (χ4v) is 2.12. The molecule has 0 aliphatic rings. The maximum Gasteiger partial charge on any atom is 0.140 e. The number of pyridine rings is 1. The van der Waals surface area contributed by atoms with Gasteiger partial charge in [0, 0.05) is 10.9 Å². The molecular formula is C15H9B2N. The predicted molar refractivity (Wildman–Crippen MR) is 78.0 cm³/mol. The van der Waals surface area contributed by atoms with Gasteiger partial charge in [0.1, 0.15) is 15.7 Å². The minimum Gasteiger partial charge on any atom is -0.264 e. The van der Waals surface area contributed by atoms with Crippen molar-refractivity contribution in [3.05, 3.63) is 54.6 Å². The first kappa shape index (κ1) is 11.1. The molecule has 3 aromatic rings. The van der Waals surface area contributed by atoms with Crippen LogP contribution >= 0.6 is 0 Å². The van der Waals surface area contributed by atoms with Gasteiger partial charge in [0.05, 0.1) is 5.69 Å². The summed E-state index contributed by atoms with van der Waals surface area (Å²) in [6.07, 6.45) is 0. The topological polar surface area (TPSA) is 12.9 Å². The second-order valence-corrected chi connectivity index (χ2v) is 4.17. The molecule has 4 radical (unpaired) electrons. The molecular weight excluding hydrogens is 216 g/mol. The molecule has 0 amide bonds. The normalized spacial score (nSPS) is 10.7. The summed E-state index contributed by atoms with van der Waals surface area (Å²) in [5.74, 6) is 0. The van der Waals surface area contributed by atoms with Gasteiger partial charge in [0.25, 0.3) is 0 Å². The van der Waals surface area contributed by atoms with Crippen molar-refractivity contribution in [1.82, 2.24) is 4.98 Å². The molecule has 1 aromatic heterocycles. The molecule has 0 bridgehead atoms. The van der Waals surface area contributed by atoms with Gasteiger partial charge >= 0.3 is 0 Å². The molecule has 3 heteroatoms. The van der Waals surface area contributed by atoms with Crippen molar-refractivity contribution >= 4 is 37.5 Å². The van der Waals surface area contributed by atoms with Crippen LogP contribution in [0.25, 0.3) is 22.0 Å². The average molecular weight is 225 g/mol. The third-order valence-corrected chi connectivity index (χ3v) is 3.03. The quantitative estimate of drug-likeness (QED) is 0.571. The van der Waals surface area contributed by atoms with E-state index in [9.17, 15) is 0 Å². The zero-order valence-electron chi connectivity index (χ0n) is 9.80. The van der Waals surface area contributed by atoms with Crippen molar-refractivity contribution in [2.45, 2.75) is 0 Å². The minimum atomic E-state index is 0.382. The first-order chi connectivity index (χ1) is 8.77. The maximum absolute atomic E-state index is 5.98. The van der Waals surface area contributed by atoms with E-state index in [4.69, 9.17) is 15.7 Å². The van der Waals surface area contributed by atoms with Crippen LogP contribution in [0.3, 0.4) is 0 Å². The highest BCUT2D eigenvalue weighted by molar-refractivity contribution is 6.52. The SMILES string of the molecule is [B]c1nc(-c2ccccc2)c2ccccc2c1[B]. The zero-order valence-corrected chi connectivity index (χ0v) is 9.80. The Morgan fingerprint density at radius 2 is 1.33 bits per heavy atom. The van der Waals surface area contributed by atoms with Crippen LogP contribution < -0.4 is 11.1 Å². The largest absolute Gasteiger partial charge is 0.264 e. The first-order valence-electron chi connectivity index (χ1n) is 5.76. The second kappa shape index (κ2) is 4.34. The van der Waals surface area contributed by atoms with Crippen molar-refractivity contribution in [3.8, 4) is 11.3 Å². The Balaban J connectivity index is 2.40. The Labute approximate surface area is 109 Å². The minimum absolute atomic E-state index is 0.382. The predicted octanol–water partition coefficient (Wildman–Crippen LogP) is 1.49. The highest BCUT2D eigenvalue weighted by Gasteiger charge is 2.08. The van der Waals surface area contributed by atoms with E-state index in [0.29, 0.717) is 11.1 Å². The van der Waals surface area contributed by atoms with Crippen LogP contribution in [0.2, 0.25) is 0 Å². The van der Waals surface area contributed by atoms with E-state index in [1.54, 1.807) is 0 Å². The van der Waals surface area contributed by atoms with Crippen molar-refractivity contribution in [2.75, 3.05) is 0 Å². The van der Waals surface area contributed by atoms with Crippen molar-refractivity contribution < 1.29 is 0 Å². The Morgan fingerprint density at radius 3 is 2.06 bits per heavy atom. The fraction of sp³-hybridized carbons (Fsp3) is 0. The molecule has 0 saturated carbocycles. The fourth-order valence-electron chi connectivity index (χ4n) is 2.12. The monoisotopic (exact) mass is 225 g/mol. The number of hydrogen-bond acceptors (Lipinski definition) is 1. The summed E-state index contributed by atoms with van der Waals surface area (Å²) in [5.41, 5.74) is 2.84. The summed E-state index contributed by atoms with van der Waals surface area (Å²) in [7, 11) is 11.9. The van der Waals surface area contributed by atoms with Crippen LogP contribution in [0.5, 0.6) is 0 Å². The Kier molecular flexibility index (Phi) is 2.67. The van der Waals surface area contributed by atoms with Crippen LogP contribution in [-0.4, -0.2) is 20.7 Å². The van der Waals surface area contributed by atoms with Gasteiger partial charge in [-0.3, -0.25) is 4.98 Å². The van der Waals surface area contributed by atoms with Gasteiger partial charge in [-0.15, -0.1) is 0 Å². The first-order valence-corrected chi connectivity index (χ1v) is 5.76. The van der Waals surface area contributed by atoms with E-state index >= 15 is 0 Å². The molecule has 0 unspecified atom stereocenters. The number of fused-ring (bicyclic) bond motifs is 1. The lowest BCUT2D eigenvalue weighted by Crippen LogP contribution is -2.30. The molecule has 1 nitrogen and oxygen atoms in total. The summed E-state index contributed by atoms with van der Waals surface area (Å²) >= 11 is 0. The molecule has 2 aromatic carbocycles. The van der Waals surface area contributed by atoms with E-state index in [-0.39, 0.29) is 0 Å². The third-order valence-electron chi connectivity index (χ3n) is 3.03. The molecule has 18 heavy (non-hydrogen) atoms. The van der Waals surface area contributed by atoms with E-state index in [0.717, 1.165) is 22.0 Å². The van der Waals surface area contributed by atoms with E-state index in [2.05, 4.69) is 4.98 Å². The van der Waals surface area contributed by atoms with Gasteiger partial charge in [-0.25, -0.2) is 0 Å². The highest BCUT2D eigenvalue weighted by Crippen LogP contribution is 2.24. The Hall–Kier alpha value is -2.02. The number of nitrogens with zero attached hydrogens (tertiary/aromatic N) is 1. The van der Waals surface area contributed by atoms with Crippen LogP contribution in [-0.2, 0) is 0 Å². The number of hydrogen-bond donors (Lipinski definition) is 0. The molecule has 0 saturated heterocycles. The summed E-state index contributed by atoms with van der Waals surface area (Å²) in [6.45, 7) is 0. The summed E-state index contributed by atoms with van der Waals surface area (Å²) in [4.78, 5) is 4.42. The van der Waals surface area contributed by atoms with Crippen LogP contribution in [0, 0.1) is 0 Å². The van der Waals surface area contributed by atoms with Gasteiger partial charge in [-0.2, -0.15) is 0 Å². The van der Waals surface area contributed by atoms with Crippen LogP contribution in [0.1, 0.15) is 0 Å². The zero-order chi connectivity index (χ0) is 12.5. The van der Waals surface area contributed by atoms with Gasteiger partial charge in [-0.05, 0) is 11.0 Å². The molecule has 0 aliphatic heterocycles. The standard InChI is InChI=1S/C15H9B2N/c16-13-11-8-4-5-9-12(11)14(18-15(13)17)10-6-2-1-3-7-10/h1-9H. The lowest BCUT2D eigenvalue weighted by atomic mass is 9.81. The van der Waals surface area contributed by atoms with Gasteiger partial charge in [0.2, 0.25) is 0 Å². The average Bonchev–Trinajstić information content (AvgIpc) is 2.44. The summed E-state index contributed by atoms with van der Waals surface area (Å²) < 4.78 is 0. The molecule has 0 N–H and O–H groups in total. The van der Waals surface area contributed by atoms with E-state index in [1.807, 2.05) is 54.6 Å². The van der Waals surface area contributed by atoms with Crippen molar-refractivity contribution in [2.24, 2.45) is 0 Å². The van der Waals surface area contributed by atoms with Gasteiger partial charge < -0.3 is 0 Å². The summed E-state index contributed by atoms with van der Waals surface area (Å²) in [6, 6.07) is 17.9. The van der Waals surface area contributed by atoms with E-state index < -0.39 is 0 Å². The molecule has 0 spiro atoms. The number of rotatable bonds is 1. The molecule has 0 atom stereocenters. The Bertz CT molecular complexity index is 708. The lowest BCUT2D eigenvalue weighted by molar-refractivity contribution is 1.42. The van der Waals surface area contributed by atoms with Crippen LogP contribution in [0.4, 0.5) is 0 Å². The van der Waals surface area contributed by atoms with Crippen molar-refractivity contribution in [1.29, 1.82) is 0 Å². The third kappa shape index (κ3) is 1.72. The van der Waals surface area contributed by atoms with Crippen molar-refractivity contribution in [3.63, 3.8) is 0 Å². The molecule has 0 fully saturated rings. The highest BCUT2D eigenvalue weighted by atomic mass is 14.7. The molecule has 0 aliphatic carbocycles. The summed E-state index contributed by atoms with van der Waals surface area (Å²) in [5, 5.41) is 1.97. The molecule has 3 rings (SSSR count). The Morgan fingerprint density at radius 1 is 0.722 bits per heavy atom. The van der Waals surface area contributed by atoms with Gasteiger partial charge in [-0.1, -0.05) is 60.1 Å². The maximum atomic E-state index is 5.98. The smallest absolute Gasteiger partial charge is 0.140 e. The van der Waals surface area contributed by atoms with Gasteiger partial charge in [0.15, 0.2) is 0 Å². The number of aromatic nitrogens is 1. The second-order valence-electron chi connectivity index (χ2n) is 4.17. The van der Waals surface area contributed by atoms with Crippen LogP contribution in [0.15, 0.2) is 54.6 Å². The lowest BCUT2D eigenvalue weighted by Gasteiger charge is -2.11. The molecule has 1 heterocycles. The number of benzene rings is 2.